The number of rotatable bonds is 7. The zero-order valence-electron chi connectivity index (χ0n) is 19.9. The number of halogens is 3. The molecule has 8 nitrogen and oxygen atoms in total. The molecule has 1 aromatic heterocycles. The summed E-state index contributed by atoms with van der Waals surface area (Å²) in [5.74, 6) is -4.52. The number of amidine groups is 1. The van der Waals surface area contributed by atoms with Crippen molar-refractivity contribution >= 4 is 40.7 Å². The molecule has 3 aliphatic rings. The van der Waals surface area contributed by atoms with Gasteiger partial charge in [-0.3, -0.25) is 14.7 Å². The maximum atomic E-state index is 15.1. The number of carboxylic acid groups (broad SMARTS) is 1. The minimum absolute atomic E-state index is 0.0144. The topological polar surface area (TPSA) is 104 Å². The van der Waals surface area contributed by atoms with Gasteiger partial charge in [-0.25, -0.2) is 18.6 Å². The van der Waals surface area contributed by atoms with E-state index in [1.54, 1.807) is 40.7 Å². The molecule has 3 aliphatic heterocycles. The molecule has 0 saturated carbocycles. The number of alkyl halides is 2. The molecular weight excluding hydrogens is 526 g/mol. The quantitative estimate of drug-likeness (QED) is 0.496. The Balaban J connectivity index is 1.56. The Bertz CT molecular complexity index is 1270. The van der Waals surface area contributed by atoms with E-state index in [-0.39, 0.29) is 37.3 Å². The van der Waals surface area contributed by atoms with Gasteiger partial charge in [0.25, 0.3) is 5.92 Å². The number of carbonyl (C=O) groups is 2. The number of ether oxygens (including phenoxy) is 1. The number of nitrogens with one attached hydrogen (secondary N) is 1. The molecule has 0 aliphatic carbocycles. The Hall–Kier alpha value is -2.89. The molecule has 196 valence electrons. The van der Waals surface area contributed by atoms with Crippen LogP contribution in [0.3, 0.4) is 0 Å². The zero-order valence-corrected chi connectivity index (χ0v) is 21.4. The van der Waals surface area contributed by atoms with E-state index >= 15 is 8.78 Å². The molecule has 4 heterocycles. The minimum atomic E-state index is -2.97. The van der Waals surface area contributed by atoms with E-state index in [1.807, 2.05) is 0 Å². The van der Waals surface area contributed by atoms with E-state index in [4.69, 9.17) is 21.3 Å². The fourth-order valence-electron chi connectivity index (χ4n) is 5.66. The van der Waals surface area contributed by atoms with E-state index in [1.165, 1.54) is 18.4 Å². The van der Waals surface area contributed by atoms with Crippen LogP contribution in [0.25, 0.3) is 0 Å². The highest BCUT2D eigenvalue weighted by atomic mass is 35.5. The molecule has 0 spiro atoms. The third kappa shape index (κ3) is 4.99. The van der Waals surface area contributed by atoms with E-state index in [2.05, 4.69) is 10.3 Å². The van der Waals surface area contributed by atoms with Gasteiger partial charge >= 0.3 is 11.9 Å². The summed E-state index contributed by atoms with van der Waals surface area (Å²) in [4.78, 5) is 35.1. The van der Waals surface area contributed by atoms with E-state index in [0.717, 1.165) is 0 Å². The van der Waals surface area contributed by atoms with Gasteiger partial charge in [0, 0.05) is 53.3 Å². The number of thiazole rings is 1. The van der Waals surface area contributed by atoms with Crippen molar-refractivity contribution in [1.29, 1.82) is 0 Å². The minimum Gasteiger partial charge on any atom is -0.481 e. The van der Waals surface area contributed by atoms with Crippen LogP contribution in [0.15, 0.2) is 52.1 Å². The van der Waals surface area contributed by atoms with Crippen molar-refractivity contribution in [2.75, 3.05) is 13.7 Å². The summed E-state index contributed by atoms with van der Waals surface area (Å²) >= 11 is 7.85. The molecule has 4 atom stereocenters. The first-order valence-electron chi connectivity index (χ1n) is 11.8. The number of nitrogens with zero attached hydrogens (tertiary/aromatic N) is 3. The Morgan fingerprint density at radius 2 is 2.11 bits per heavy atom. The lowest BCUT2D eigenvalue weighted by Crippen LogP contribution is -2.50. The van der Waals surface area contributed by atoms with Crippen LogP contribution in [-0.2, 0) is 14.3 Å². The van der Waals surface area contributed by atoms with Crippen LogP contribution in [0, 0.1) is 5.92 Å². The first-order valence-corrected chi connectivity index (χ1v) is 13.1. The highest BCUT2D eigenvalue weighted by Crippen LogP contribution is 2.49. The lowest BCUT2D eigenvalue weighted by molar-refractivity contribution is -0.139. The molecular formula is C25H25ClF2N4O4S. The molecule has 0 amide bonds. The standard InChI is InChI=1S/C25H25ClF2N4O4S/c1-36-24(35)20-17(12-32-14-8-13(10-19(33)34)9-18(32)25(27,28)11-14)30-22(23-29-6-7-37-23)31-21(20)15-4-2-3-5-16(15)26/h2-7,13-14,18,21H,8-12H2,1H3,(H,30,31)(H,33,34)/t13?,14-,18+,21-/m0/s1. The van der Waals surface area contributed by atoms with Gasteiger partial charge in [-0.15, -0.1) is 11.3 Å². The second kappa shape index (κ2) is 10.1. The molecule has 37 heavy (non-hydrogen) atoms. The molecule has 2 aromatic rings. The van der Waals surface area contributed by atoms with Crippen LogP contribution in [0.2, 0.25) is 5.02 Å². The second-order valence-electron chi connectivity index (χ2n) is 9.49. The van der Waals surface area contributed by atoms with Crippen molar-refractivity contribution in [1.82, 2.24) is 15.2 Å². The second-order valence-corrected chi connectivity index (χ2v) is 10.8. The van der Waals surface area contributed by atoms with Crippen LogP contribution in [0.5, 0.6) is 0 Å². The monoisotopic (exact) mass is 550 g/mol. The highest BCUT2D eigenvalue weighted by Gasteiger charge is 2.57. The molecule has 2 fully saturated rings. The Morgan fingerprint density at radius 1 is 1.32 bits per heavy atom. The number of hydrogen-bond acceptors (Lipinski definition) is 8. The van der Waals surface area contributed by atoms with Crippen molar-refractivity contribution in [3.8, 4) is 0 Å². The van der Waals surface area contributed by atoms with Crippen molar-refractivity contribution in [2.24, 2.45) is 10.9 Å². The largest absolute Gasteiger partial charge is 0.481 e. The van der Waals surface area contributed by atoms with Crippen LogP contribution < -0.4 is 5.32 Å². The summed E-state index contributed by atoms with van der Waals surface area (Å²) in [6, 6.07) is 4.51. The Kier molecular flexibility index (Phi) is 7.03. The summed E-state index contributed by atoms with van der Waals surface area (Å²) in [6.45, 7) is 0.0144. The molecule has 1 aromatic carbocycles. The van der Waals surface area contributed by atoms with Gasteiger partial charge in [0.15, 0.2) is 10.8 Å². The third-order valence-electron chi connectivity index (χ3n) is 7.20. The van der Waals surface area contributed by atoms with E-state index in [9.17, 15) is 14.7 Å². The number of benzene rings is 1. The fraction of sp³-hybridized carbons (Fsp3) is 0.440. The molecule has 2 bridgehead atoms. The first-order chi connectivity index (χ1) is 17.7. The normalized spacial score (nSPS) is 27.0. The molecule has 0 radical (unpaired) electrons. The summed E-state index contributed by atoms with van der Waals surface area (Å²) in [5, 5.41) is 15.2. The van der Waals surface area contributed by atoms with E-state index in [0.29, 0.717) is 33.5 Å². The van der Waals surface area contributed by atoms with Crippen molar-refractivity contribution < 1.29 is 28.2 Å². The van der Waals surface area contributed by atoms with E-state index < -0.39 is 36.0 Å². The number of esters is 1. The van der Waals surface area contributed by atoms with Crippen LogP contribution in [0.4, 0.5) is 8.78 Å². The number of fused-ring (bicyclic) bond motifs is 2. The Morgan fingerprint density at radius 3 is 2.76 bits per heavy atom. The van der Waals surface area contributed by atoms with Gasteiger partial charge in [0.1, 0.15) is 6.04 Å². The predicted octanol–water partition coefficient (Wildman–Crippen LogP) is 4.28. The Labute approximate surface area is 221 Å². The summed E-state index contributed by atoms with van der Waals surface area (Å²) in [7, 11) is 1.26. The number of methoxy groups -OCH3 is 1. The van der Waals surface area contributed by atoms with Gasteiger partial charge in [-0.2, -0.15) is 0 Å². The summed E-state index contributed by atoms with van der Waals surface area (Å²) < 4.78 is 35.2. The fourth-order valence-corrected chi connectivity index (χ4v) is 6.49. The number of aromatic nitrogens is 1. The molecule has 2 N–H and O–H groups in total. The van der Waals surface area contributed by atoms with Gasteiger partial charge in [0.05, 0.1) is 18.7 Å². The van der Waals surface area contributed by atoms with Crippen LogP contribution in [0.1, 0.15) is 42.3 Å². The number of carbonyl (C=O) groups excluding carboxylic acids is 1. The third-order valence-corrected chi connectivity index (χ3v) is 8.32. The molecule has 2 saturated heterocycles. The van der Waals surface area contributed by atoms with Gasteiger partial charge < -0.3 is 15.2 Å². The lowest BCUT2D eigenvalue weighted by atomic mass is 9.87. The highest BCUT2D eigenvalue weighted by molar-refractivity contribution is 7.11. The maximum absolute atomic E-state index is 15.1. The first kappa shape index (κ1) is 25.7. The maximum Gasteiger partial charge on any atom is 0.338 e. The average Bonchev–Trinajstić information content (AvgIpc) is 3.43. The van der Waals surface area contributed by atoms with Crippen molar-refractivity contribution in [3.63, 3.8) is 0 Å². The number of piperidine rings is 1. The summed E-state index contributed by atoms with van der Waals surface area (Å²) in [6.07, 6.45) is 1.55. The number of aliphatic imine (C=N–C) groups is 1. The lowest BCUT2D eigenvalue weighted by Gasteiger charge is -2.40. The number of hydrogen-bond donors (Lipinski definition) is 2. The van der Waals surface area contributed by atoms with Crippen molar-refractivity contribution in [3.05, 3.63) is 62.7 Å². The predicted molar refractivity (Wildman–Crippen MR) is 134 cm³/mol. The van der Waals surface area contributed by atoms with Crippen LogP contribution in [-0.4, -0.2) is 64.4 Å². The smallest absolute Gasteiger partial charge is 0.338 e. The number of carboxylic acids is 1. The molecule has 5 rings (SSSR count). The molecule has 1 unspecified atom stereocenters. The SMILES string of the molecule is COC(=O)C1=C(CN2[C@H]3CC(CC(=O)O)C[C@@H]2C(F)(F)C3)NC(c2nccs2)=N[C@H]1c1ccccc1Cl. The van der Waals surface area contributed by atoms with Gasteiger partial charge in [-0.05, 0) is 24.8 Å². The molecule has 12 heteroatoms. The van der Waals surface area contributed by atoms with Crippen LogP contribution >= 0.6 is 22.9 Å². The number of aliphatic carboxylic acids is 1. The average molecular weight is 551 g/mol. The zero-order chi connectivity index (χ0) is 26.3. The summed E-state index contributed by atoms with van der Waals surface area (Å²) in [5.41, 5.74) is 1.15. The van der Waals surface area contributed by atoms with Crippen molar-refractivity contribution in [2.45, 2.75) is 49.7 Å². The van der Waals surface area contributed by atoms with Gasteiger partial charge in [-0.1, -0.05) is 29.8 Å². The van der Waals surface area contributed by atoms with Gasteiger partial charge in [0.2, 0.25) is 0 Å².